The van der Waals surface area contributed by atoms with Gasteiger partial charge >= 0.3 is 0 Å². The molecule has 1 aromatic carbocycles. The number of nitrogens with two attached hydrogens (primary N) is 2. The third-order valence-electron chi connectivity index (χ3n) is 4.85. The average molecular weight is 345 g/mol. The van der Waals surface area contributed by atoms with Crippen LogP contribution in [0.3, 0.4) is 0 Å². The largest absolute Gasteiger partial charge is 0.366 e. The summed E-state index contributed by atoms with van der Waals surface area (Å²) in [4.78, 5) is 35.4. The Hall–Kier alpha value is -2.37. The lowest BCUT2D eigenvalue weighted by molar-refractivity contribution is 0.0918. The van der Waals surface area contributed by atoms with Crippen LogP contribution in [0.4, 0.5) is 0 Å². The maximum Gasteiger partial charge on any atom is 0.251 e. The Morgan fingerprint density at radius 3 is 2.20 bits per heavy atom. The molecule has 0 bridgehead atoms. The van der Waals surface area contributed by atoms with Gasteiger partial charge in [-0.2, -0.15) is 0 Å². The Bertz CT molecular complexity index is 625. The SMILES string of the molecule is CCCCC1CCCC(NC(=O)c2cc(C(N)=O)cc(C(N)=O)c2)C1. The van der Waals surface area contributed by atoms with E-state index in [-0.39, 0.29) is 28.6 Å². The number of unbranched alkanes of at least 4 members (excludes halogenated alkanes) is 1. The molecular formula is C19H27N3O3. The van der Waals surface area contributed by atoms with Gasteiger partial charge in [-0.25, -0.2) is 0 Å². The number of benzene rings is 1. The van der Waals surface area contributed by atoms with Crippen molar-refractivity contribution >= 4 is 17.7 Å². The van der Waals surface area contributed by atoms with Crippen molar-refractivity contribution < 1.29 is 14.4 Å². The zero-order chi connectivity index (χ0) is 18.4. The van der Waals surface area contributed by atoms with Crippen LogP contribution >= 0.6 is 0 Å². The fourth-order valence-corrected chi connectivity index (χ4v) is 3.49. The first-order valence-corrected chi connectivity index (χ1v) is 8.96. The number of carbonyl (C=O) groups excluding carboxylic acids is 3. The quantitative estimate of drug-likeness (QED) is 0.704. The van der Waals surface area contributed by atoms with Gasteiger partial charge in [-0.3, -0.25) is 14.4 Å². The molecule has 5 N–H and O–H groups in total. The Balaban J connectivity index is 2.09. The number of rotatable bonds is 7. The number of hydrogen-bond donors (Lipinski definition) is 3. The summed E-state index contributed by atoms with van der Waals surface area (Å²) in [5.74, 6) is -1.05. The van der Waals surface area contributed by atoms with E-state index in [9.17, 15) is 14.4 Å². The second-order valence-electron chi connectivity index (χ2n) is 6.87. The molecule has 0 heterocycles. The highest BCUT2D eigenvalue weighted by Crippen LogP contribution is 2.28. The Morgan fingerprint density at radius 1 is 1.04 bits per heavy atom. The summed E-state index contributed by atoms with van der Waals surface area (Å²) in [5.41, 5.74) is 11.0. The van der Waals surface area contributed by atoms with E-state index in [0.717, 1.165) is 19.3 Å². The maximum absolute atomic E-state index is 12.6. The Labute approximate surface area is 148 Å². The van der Waals surface area contributed by atoms with Crippen LogP contribution in [0.1, 0.15) is 82.9 Å². The van der Waals surface area contributed by atoms with Crippen molar-refractivity contribution in [3.63, 3.8) is 0 Å². The average Bonchev–Trinajstić information content (AvgIpc) is 2.59. The number of carbonyl (C=O) groups is 3. The van der Waals surface area contributed by atoms with Crippen molar-refractivity contribution in [3.8, 4) is 0 Å². The molecule has 136 valence electrons. The molecule has 1 aliphatic carbocycles. The van der Waals surface area contributed by atoms with Crippen LogP contribution in [0.2, 0.25) is 0 Å². The van der Waals surface area contributed by atoms with Gasteiger partial charge in [0, 0.05) is 22.7 Å². The van der Waals surface area contributed by atoms with Crippen LogP contribution in [0.25, 0.3) is 0 Å². The second kappa shape index (κ2) is 8.65. The molecule has 25 heavy (non-hydrogen) atoms. The van der Waals surface area contributed by atoms with Crippen LogP contribution in [0.15, 0.2) is 18.2 Å². The standard InChI is InChI=1S/C19H27N3O3/c1-2-3-5-12-6-4-7-16(8-12)22-19(25)15-10-13(17(20)23)9-14(11-15)18(21)24/h9-12,16H,2-8H2,1H3,(H2,20,23)(H2,21,24)(H,22,25). The smallest absolute Gasteiger partial charge is 0.251 e. The van der Waals surface area contributed by atoms with E-state index in [4.69, 9.17) is 11.5 Å². The first kappa shape index (κ1) is 19.0. The number of amides is 3. The second-order valence-corrected chi connectivity index (χ2v) is 6.87. The van der Waals surface area contributed by atoms with Gasteiger partial charge in [0.05, 0.1) is 0 Å². The maximum atomic E-state index is 12.6. The van der Waals surface area contributed by atoms with Crippen LogP contribution in [0, 0.1) is 5.92 Å². The van der Waals surface area contributed by atoms with Gasteiger partial charge in [0.15, 0.2) is 0 Å². The predicted octanol–water partition coefficient (Wildman–Crippen LogP) is 2.36. The predicted molar refractivity (Wildman–Crippen MR) is 96.2 cm³/mol. The molecule has 1 aliphatic rings. The minimum absolute atomic E-state index is 0.103. The topological polar surface area (TPSA) is 115 Å². The van der Waals surface area contributed by atoms with Gasteiger partial charge in [0.2, 0.25) is 11.8 Å². The Morgan fingerprint density at radius 2 is 1.64 bits per heavy atom. The van der Waals surface area contributed by atoms with Gasteiger partial charge in [-0.1, -0.05) is 39.0 Å². The zero-order valence-electron chi connectivity index (χ0n) is 14.7. The van der Waals surface area contributed by atoms with Gasteiger partial charge in [0.1, 0.15) is 0 Å². The van der Waals surface area contributed by atoms with E-state index in [1.54, 1.807) is 0 Å². The van der Waals surface area contributed by atoms with Crippen molar-refractivity contribution in [1.29, 1.82) is 0 Å². The fourth-order valence-electron chi connectivity index (χ4n) is 3.49. The van der Waals surface area contributed by atoms with Crippen LogP contribution in [-0.2, 0) is 0 Å². The first-order valence-electron chi connectivity index (χ1n) is 8.96. The summed E-state index contributed by atoms with van der Waals surface area (Å²) in [5, 5.41) is 3.03. The molecule has 1 aromatic rings. The molecule has 2 atom stereocenters. The summed E-state index contributed by atoms with van der Waals surface area (Å²) in [6.45, 7) is 2.18. The molecule has 1 fully saturated rings. The Kier molecular flexibility index (Phi) is 6.56. The molecular weight excluding hydrogens is 318 g/mol. The normalized spacial score (nSPS) is 20.0. The van der Waals surface area contributed by atoms with Crippen LogP contribution in [-0.4, -0.2) is 23.8 Å². The van der Waals surface area contributed by atoms with Crippen LogP contribution < -0.4 is 16.8 Å². The number of hydrogen-bond acceptors (Lipinski definition) is 3. The highest BCUT2D eigenvalue weighted by atomic mass is 16.2. The molecule has 0 saturated heterocycles. The van der Waals surface area contributed by atoms with Crippen molar-refractivity contribution in [2.75, 3.05) is 0 Å². The van der Waals surface area contributed by atoms with Gasteiger partial charge in [-0.05, 0) is 37.0 Å². The first-order chi connectivity index (χ1) is 11.9. The van der Waals surface area contributed by atoms with Crippen molar-refractivity contribution in [1.82, 2.24) is 5.32 Å². The van der Waals surface area contributed by atoms with E-state index >= 15 is 0 Å². The van der Waals surface area contributed by atoms with Gasteiger partial charge in [0.25, 0.3) is 5.91 Å². The third-order valence-corrected chi connectivity index (χ3v) is 4.85. The molecule has 0 aliphatic heterocycles. The summed E-state index contributed by atoms with van der Waals surface area (Å²) in [6.07, 6.45) is 7.85. The fraction of sp³-hybridized carbons (Fsp3) is 0.526. The van der Waals surface area contributed by atoms with Crippen LogP contribution in [0.5, 0.6) is 0 Å². The summed E-state index contributed by atoms with van der Waals surface area (Å²) in [7, 11) is 0. The zero-order valence-corrected chi connectivity index (χ0v) is 14.7. The van der Waals surface area contributed by atoms with E-state index in [1.165, 1.54) is 43.9 Å². The van der Waals surface area contributed by atoms with Crippen molar-refractivity contribution in [3.05, 3.63) is 34.9 Å². The minimum atomic E-state index is -0.700. The molecule has 6 nitrogen and oxygen atoms in total. The van der Waals surface area contributed by atoms with Gasteiger partial charge < -0.3 is 16.8 Å². The molecule has 0 aromatic heterocycles. The van der Waals surface area contributed by atoms with Crippen molar-refractivity contribution in [2.45, 2.75) is 57.9 Å². The lowest BCUT2D eigenvalue weighted by atomic mass is 9.82. The van der Waals surface area contributed by atoms with Gasteiger partial charge in [-0.15, -0.1) is 0 Å². The molecule has 0 radical (unpaired) electrons. The summed E-state index contributed by atoms with van der Waals surface area (Å²) < 4.78 is 0. The van der Waals surface area contributed by atoms with E-state index in [0.29, 0.717) is 5.92 Å². The number of nitrogens with one attached hydrogen (secondary N) is 1. The molecule has 3 amide bonds. The summed E-state index contributed by atoms with van der Waals surface area (Å²) in [6, 6.07) is 4.24. The highest BCUT2D eigenvalue weighted by Gasteiger charge is 2.24. The lowest BCUT2D eigenvalue weighted by Gasteiger charge is -2.30. The van der Waals surface area contributed by atoms with E-state index < -0.39 is 11.8 Å². The van der Waals surface area contributed by atoms with E-state index in [2.05, 4.69) is 12.2 Å². The molecule has 1 saturated carbocycles. The third kappa shape index (κ3) is 5.31. The molecule has 0 spiro atoms. The molecule has 6 heteroatoms. The number of primary amides is 2. The molecule has 2 rings (SSSR count). The molecule has 2 unspecified atom stereocenters. The van der Waals surface area contributed by atoms with E-state index in [1.807, 2.05) is 0 Å². The summed E-state index contributed by atoms with van der Waals surface area (Å²) >= 11 is 0. The lowest BCUT2D eigenvalue weighted by Crippen LogP contribution is -2.38. The minimum Gasteiger partial charge on any atom is -0.366 e. The monoisotopic (exact) mass is 345 g/mol. The van der Waals surface area contributed by atoms with Crippen molar-refractivity contribution in [2.24, 2.45) is 17.4 Å². The highest BCUT2D eigenvalue weighted by molar-refractivity contribution is 6.03.